The highest BCUT2D eigenvalue weighted by Gasteiger charge is 2.23. The Hall–Kier alpha value is -1.74. The SMILES string of the molecule is CCc1ccc(CC)c(C(O)c2c(F)ccc(C)c2F)c1. The summed E-state index contributed by atoms with van der Waals surface area (Å²) in [5, 5.41) is 10.5. The van der Waals surface area contributed by atoms with Gasteiger partial charge in [-0.05, 0) is 48.1 Å². The van der Waals surface area contributed by atoms with Crippen molar-refractivity contribution in [3.8, 4) is 0 Å². The van der Waals surface area contributed by atoms with Gasteiger partial charge in [0.1, 0.15) is 17.7 Å². The van der Waals surface area contributed by atoms with E-state index in [9.17, 15) is 13.9 Å². The van der Waals surface area contributed by atoms with Crippen LogP contribution in [-0.2, 0) is 12.8 Å². The van der Waals surface area contributed by atoms with Crippen LogP contribution in [0.3, 0.4) is 0 Å². The first kappa shape index (κ1) is 15.6. The first-order valence-corrected chi connectivity index (χ1v) is 7.23. The molecule has 0 saturated carbocycles. The number of rotatable bonds is 4. The molecule has 2 aromatic rings. The van der Waals surface area contributed by atoms with E-state index in [2.05, 4.69) is 0 Å². The van der Waals surface area contributed by atoms with Crippen LogP contribution in [0.25, 0.3) is 0 Å². The molecule has 1 N–H and O–H groups in total. The minimum absolute atomic E-state index is 0.266. The fraction of sp³-hybridized carbons (Fsp3) is 0.333. The summed E-state index contributed by atoms with van der Waals surface area (Å²) >= 11 is 0. The summed E-state index contributed by atoms with van der Waals surface area (Å²) in [7, 11) is 0. The molecule has 1 nitrogen and oxygen atoms in total. The molecule has 0 aliphatic carbocycles. The third-order valence-electron chi connectivity index (χ3n) is 3.89. The molecule has 1 atom stereocenters. The Balaban J connectivity index is 2.59. The monoisotopic (exact) mass is 290 g/mol. The second-order valence-electron chi connectivity index (χ2n) is 5.23. The first-order chi connectivity index (χ1) is 9.99. The van der Waals surface area contributed by atoms with Gasteiger partial charge >= 0.3 is 0 Å². The Morgan fingerprint density at radius 2 is 1.76 bits per heavy atom. The smallest absolute Gasteiger partial charge is 0.135 e. The molecule has 112 valence electrons. The minimum atomic E-state index is -1.29. The lowest BCUT2D eigenvalue weighted by Crippen LogP contribution is -2.10. The molecule has 0 heterocycles. The Morgan fingerprint density at radius 1 is 1.05 bits per heavy atom. The van der Waals surface area contributed by atoms with Crippen LogP contribution < -0.4 is 0 Å². The topological polar surface area (TPSA) is 20.2 Å². The largest absolute Gasteiger partial charge is 0.383 e. The van der Waals surface area contributed by atoms with Crippen LogP contribution >= 0.6 is 0 Å². The van der Waals surface area contributed by atoms with Crippen LogP contribution in [0.1, 0.15) is 47.8 Å². The Kier molecular flexibility index (Phi) is 4.73. The molecule has 0 radical (unpaired) electrons. The maximum absolute atomic E-state index is 14.2. The molecule has 21 heavy (non-hydrogen) atoms. The summed E-state index contributed by atoms with van der Waals surface area (Å²) in [6.45, 7) is 5.53. The van der Waals surface area contributed by atoms with Gasteiger partial charge in [-0.2, -0.15) is 0 Å². The van der Waals surface area contributed by atoms with Gasteiger partial charge in [-0.1, -0.05) is 38.1 Å². The van der Waals surface area contributed by atoms with E-state index >= 15 is 0 Å². The standard InChI is InChI=1S/C18H20F2O/c1-4-12-7-8-13(5-2)14(10-12)18(21)16-15(19)9-6-11(3)17(16)20/h6-10,18,21H,4-5H2,1-3H3. The van der Waals surface area contributed by atoms with Crippen molar-refractivity contribution in [1.29, 1.82) is 0 Å². The molecule has 0 bridgehead atoms. The molecule has 0 amide bonds. The van der Waals surface area contributed by atoms with Crippen LogP contribution in [0.5, 0.6) is 0 Å². The van der Waals surface area contributed by atoms with Crippen molar-refractivity contribution in [1.82, 2.24) is 0 Å². The zero-order valence-electron chi connectivity index (χ0n) is 12.6. The van der Waals surface area contributed by atoms with Gasteiger partial charge in [0, 0.05) is 0 Å². The Morgan fingerprint density at radius 3 is 2.38 bits per heavy atom. The van der Waals surface area contributed by atoms with Crippen molar-refractivity contribution < 1.29 is 13.9 Å². The summed E-state index contributed by atoms with van der Waals surface area (Å²) in [6.07, 6.45) is 0.222. The Bertz CT molecular complexity index is 650. The maximum atomic E-state index is 14.2. The van der Waals surface area contributed by atoms with E-state index in [1.54, 1.807) is 6.92 Å². The number of aliphatic hydroxyl groups excluding tert-OH is 1. The number of halogens is 2. The summed E-state index contributed by atoms with van der Waals surface area (Å²) in [5.74, 6) is -1.39. The van der Waals surface area contributed by atoms with E-state index < -0.39 is 17.7 Å². The molecule has 2 rings (SSSR count). The predicted octanol–water partition coefficient (Wildman–Crippen LogP) is 4.48. The van der Waals surface area contributed by atoms with Gasteiger partial charge in [0.05, 0.1) is 5.56 Å². The number of benzene rings is 2. The van der Waals surface area contributed by atoms with Gasteiger partial charge < -0.3 is 5.11 Å². The summed E-state index contributed by atoms with van der Waals surface area (Å²) in [5.41, 5.74) is 2.59. The van der Waals surface area contributed by atoms with Gasteiger partial charge in [0.15, 0.2) is 0 Å². The zero-order chi connectivity index (χ0) is 15.6. The molecule has 0 aliphatic heterocycles. The Labute approximate surface area is 124 Å². The molecule has 0 aliphatic rings. The van der Waals surface area contributed by atoms with Gasteiger partial charge in [0.2, 0.25) is 0 Å². The normalized spacial score (nSPS) is 12.5. The van der Waals surface area contributed by atoms with Gasteiger partial charge in [-0.15, -0.1) is 0 Å². The first-order valence-electron chi connectivity index (χ1n) is 7.23. The van der Waals surface area contributed by atoms with E-state index in [4.69, 9.17) is 0 Å². The van der Waals surface area contributed by atoms with Crippen LogP contribution in [0.4, 0.5) is 8.78 Å². The number of hydrogen-bond donors (Lipinski definition) is 1. The average Bonchev–Trinajstić information content (AvgIpc) is 2.50. The molecule has 3 heteroatoms. The van der Waals surface area contributed by atoms with Crippen LogP contribution in [0.2, 0.25) is 0 Å². The second-order valence-corrected chi connectivity index (χ2v) is 5.23. The lowest BCUT2D eigenvalue weighted by atomic mass is 9.92. The van der Waals surface area contributed by atoms with Crippen molar-refractivity contribution in [2.45, 2.75) is 39.7 Å². The van der Waals surface area contributed by atoms with Crippen molar-refractivity contribution in [2.75, 3.05) is 0 Å². The van der Waals surface area contributed by atoms with Crippen molar-refractivity contribution in [2.24, 2.45) is 0 Å². The molecule has 0 fully saturated rings. The highest BCUT2D eigenvalue weighted by atomic mass is 19.1. The quantitative estimate of drug-likeness (QED) is 0.880. The number of hydrogen-bond acceptors (Lipinski definition) is 1. The van der Waals surface area contributed by atoms with Crippen molar-refractivity contribution in [3.05, 3.63) is 69.8 Å². The number of aryl methyl sites for hydroxylation is 3. The van der Waals surface area contributed by atoms with E-state index in [0.29, 0.717) is 17.5 Å². The van der Waals surface area contributed by atoms with Gasteiger partial charge in [0.25, 0.3) is 0 Å². The molecule has 2 aromatic carbocycles. The van der Waals surface area contributed by atoms with Crippen LogP contribution in [0, 0.1) is 18.6 Å². The molecule has 0 spiro atoms. The predicted molar refractivity (Wildman–Crippen MR) is 80.4 cm³/mol. The van der Waals surface area contributed by atoms with E-state index in [-0.39, 0.29) is 5.56 Å². The molecule has 1 unspecified atom stereocenters. The summed E-state index contributed by atoms with van der Waals surface area (Å²) in [6, 6.07) is 8.32. The molecular weight excluding hydrogens is 270 g/mol. The van der Waals surface area contributed by atoms with Gasteiger partial charge in [-0.3, -0.25) is 0 Å². The summed E-state index contributed by atoms with van der Waals surface area (Å²) in [4.78, 5) is 0. The van der Waals surface area contributed by atoms with E-state index in [1.165, 1.54) is 12.1 Å². The lowest BCUT2D eigenvalue weighted by molar-refractivity contribution is 0.207. The fourth-order valence-corrected chi connectivity index (χ4v) is 2.53. The summed E-state index contributed by atoms with van der Waals surface area (Å²) < 4.78 is 28.2. The van der Waals surface area contributed by atoms with Gasteiger partial charge in [-0.25, -0.2) is 8.78 Å². The lowest BCUT2D eigenvalue weighted by Gasteiger charge is -2.18. The zero-order valence-corrected chi connectivity index (χ0v) is 12.6. The highest BCUT2D eigenvalue weighted by Crippen LogP contribution is 2.31. The van der Waals surface area contributed by atoms with Crippen molar-refractivity contribution in [3.63, 3.8) is 0 Å². The molecule has 0 saturated heterocycles. The van der Waals surface area contributed by atoms with Crippen molar-refractivity contribution >= 4 is 0 Å². The maximum Gasteiger partial charge on any atom is 0.135 e. The molecule has 0 aromatic heterocycles. The minimum Gasteiger partial charge on any atom is -0.383 e. The average molecular weight is 290 g/mol. The fourth-order valence-electron chi connectivity index (χ4n) is 2.53. The third kappa shape index (κ3) is 2.98. The number of aliphatic hydroxyl groups is 1. The van der Waals surface area contributed by atoms with Crippen LogP contribution in [-0.4, -0.2) is 5.11 Å². The van der Waals surface area contributed by atoms with E-state index in [1.807, 2.05) is 32.0 Å². The second kappa shape index (κ2) is 6.35. The molecular formula is C18H20F2O. The van der Waals surface area contributed by atoms with Crippen LogP contribution in [0.15, 0.2) is 30.3 Å². The third-order valence-corrected chi connectivity index (χ3v) is 3.89. The van der Waals surface area contributed by atoms with E-state index in [0.717, 1.165) is 17.5 Å². The highest BCUT2D eigenvalue weighted by molar-refractivity contribution is 5.41.